The Morgan fingerprint density at radius 2 is 2.22 bits per heavy atom. The average molecular weight is 253 g/mol. The van der Waals surface area contributed by atoms with Crippen LogP contribution in [0.5, 0.6) is 0 Å². The normalized spacial score (nSPS) is 31.4. The molecule has 0 aromatic rings. The number of guanidine groups is 1. The maximum Gasteiger partial charge on any atom is 0.191 e. The van der Waals surface area contributed by atoms with Crippen molar-refractivity contribution in [2.45, 2.75) is 76.5 Å². The number of ether oxygens (including phenoxy) is 1. The van der Waals surface area contributed by atoms with Gasteiger partial charge in [-0.25, -0.2) is 4.99 Å². The highest BCUT2D eigenvalue weighted by Gasteiger charge is 2.40. The van der Waals surface area contributed by atoms with Crippen LogP contribution in [0.1, 0.15) is 64.7 Å². The molecule has 0 aromatic carbocycles. The molecule has 0 aromatic heterocycles. The Morgan fingerprint density at radius 3 is 2.94 bits per heavy atom. The van der Waals surface area contributed by atoms with Crippen molar-refractivity contribution in [2.24, 2.45) is 10.7 Å². The van der Waals surface area contributed by atoms with Crippen LogP contribution in [0.4, 0.5) is 0 Å². The van der Waals surface area contributed by atoms with Crippen LogP contribution >= 0.6 is 0 Å². The number of nitrogens with two attached hydrogens (primary N) is 1. The third-order valence-corrected chi connectivity index (χ3v) is 3.99. The maximum absolute atomic E-state index is 5.89. The topological polar surface area (TPSA) is 59.6 Å². The minimum absolute atomic E-state index is 0.195. The number of rotatable bonds is 6. The second-order valence-electron chi connectivity index (χ2n) is 5.65. The molecule has 1 spiro atoms. The highest BCUT2D eigenvalue weighted by atomic mass is 16.5. The van der Waals surface area contributed by atoms with Crippen molar-refractivity contribution in [1.82, 2.24) is 5.32 Å². The van der Waals surface area contributed by atoms with Crippen molar-refractivity contribution >= 4 is 5.96 Å². The van der Waals surface area contributed by atoms with E-state index in [-0.39, 0.29) is 5.72 Å². The van der Waals surface area contributed by atoms with Gasteiger partial charge in [-0.2, -0.15) is 0 Å². The van der Waals surface area contributed by atoms with Gasteiger partial charge in [-0.3, -0.25) is 0 Å². The van der Waals surface area contributed by atoms with E-state index in [0.29, 0.717) is 12.0 Å². The van der Waals surface area contributed by atoms with Gasteiger partial charge in [0, 0.05) is 13.0 Å². The Labute approximate surface area is 110 Å². The standard InChI is InChI=1S/C14H27N3O/c1-2-3-4-5-6-8-12-11-14(9-7-10-18-14)17-13(15)16-12/h12H,2-11H2,1H3,(H3,15,16,17). The molecule has 2 rings (SSSR count). The van der Waals surface area contributed by atoms with Crippen LogP contribution in [0.15, 0.2) is 4.99 Å². The summed E-state index contributed by atoms with van der Waals surface area (Å²) >= 11 is 0. The van der Waals surface area contributed by atoms with Crippen molar-refractivity contribution in [2.75, 3.05) is 6.61 Å². The first-order chi connectivity index (χ1) is 8.74. The molecule has 2 heterocycles. The molecular weight excluding hydrogens is 226 g/mol. The highest BCUT2D eigenvalue weighted by molar-refractivity contribution is 5.79. The third-order valence-electron chi connectivity index (χ3n) is 3.99. The van der Waals surface area contributed by atoms with E-state index in [2.05, 4.69) is 17.2 Å². The van der Waals surface area contributed by atoms with Gasteiger partial charge in [-0.15, -0.1) is 0 Å². The lowest BCUT2D eigenvalue weighted by molar-refractivity contribution is -0.0258. The molecule has 104 valence electrons. The molecule has 0 amide bonds. The molecule has 2 unspecified atom stereocenters. The largest absolute Gasteiger partial charge is 0.370 e. The summed E-state index contributed by atoms with van der Waals surface area (Å²) in [5.74, 6) is 0.571. The summed E-state index contributed by atoms with van der Waals surface area (Å²) in [5, 5.41) is 3.24. The molecule has 1 fully saturated rings. The molecule has 2 aliphatic rings. The molecule has 2 aliphatic heterocycles. The minimum Gasteiger partial charge on any atom is -0.370 e. The smallest absolute Gasteiger partial charge is 0.191 e. The van der Waals surface area contributed by atoms with Crippen LogP contribution < -0.4 is 11.1 Å². The fraction of sp³-hybridized carbons (Fsp3) is 0.929. The van der Waals surface area contributed by atoms with Crippen LogP contribution in [-0.4, -0.2) is 24.3 Å². The summed E-state index contributed by atoms with van der Waals surface area (Å²) in [6.45, 7) is 3.10. The van der Waals surface area contributed by atoms with Crippen LogP contribution in [0, 0.1) is 0 Å². The Balaban J connectivity index is 1.76. The van der Waals surface area contributed by atoms with E-state index in [9.17, 15) is 0 Å². The van der Waals surface area contributed by atoms with Crippen molar-refractivity contribution in [1.29, 1.82) is 0 Å². The van der Waals surface area contributed by atoms with E-state index >= 15 is 0 Å². The van der Waals surface area contributed by atoms with E-state index < -0.39 is 0 Å². The van der Waals surface area contributed by atoms with Gasteiger partial charge >= 0.3 is 0 Å². The van der Waals surface area contributed by atoms with Gasteiger partial charge in [0.05, 0.1) is 6.04 Å². The SMILES string of the molecule is CCCCCCCC1CC2(CCCO2)NC(N)=N1. The molecular formula is C14H27N3O. The molecule has 1 saturated heterocycles. The molecule has 0 saturated carbocycles. The highest BCUT2D eigenvalue weighted by Crippen LogP contribution is 2.32. The molecule has 18 heavy (non-hydrogen) atoms. The van der Waals surface area contributed by atoms with Crippen LogP contribution in [0.25, 0.3) is 0 Å². The van der Waals surface area contributed by atoms with E-state index in [1.54, 1.807) is 0 Å². The number of hydrogen-bond acceptors (Lipinski definition) is 4. The number of nitrogens with zero attached hydrogens (tertiary/aromatic N) is 1. The summed E-state index contributed by atoms with van der Waals surface area (Å²) in [6.07, 6.45) is 10.9. The van der Waals surface area contributed by atoms with Gasteiger partial charge in [0.2, 0.25) is 0 Å². The Hall–Kier alpha value is -0.770. The summed E-state index contributed by atoms with van der Waals surface area (Å²) in [6, 6.07) is 0.353. The quantitative estimate of drug-likeness (QED) is 0.715. The zero-order chi connectivity index (χ0) is 12.8. The molecule has 0 aliphatic carbocycles. The van der Waals surface area contributed by atoms with Gasteiger partial charge in [-0.05, 0) is 19.3 Å². The Kier molecular flexibility index (Phi) is 4.87. The van der Waals surface area contributed by atoms with Crippen molar-refractivity contribution < 1.29 is 4.74 Å². The van der Waals surface area contributed by atoms with E-state index in [1.807, 2.05) is 0 Å². The van der Waals surface area contributed by atoms with E-state index in [1.165, 1.54) is 32.1 Å². The van der Waals surface area contributed by atoms with Gasteiger partial charge in [0.25, 0.3) is 0 Å². The fourth-order valence-corrected chi connectivity index (χ4v) is 3.05. The lowest BCUT2D eigenvalue weighted by atomic mass is 9.95. The summed E-state index contributed by atoms with van der Waals surface area (Å²) in [4.78, 5) is 4.52. The Bertz CT molecular complexity index is 285. The van der Waals surface area contributed by atoms with E-state index in [4.69, 9.17) is 10.5 Å². The minimum atomic E-state index is -0.195. The number of aliphatic imine (C=N–C) groups is 1. The third kappa shape index (κ3) is 3.61. The molecule has 0 bridgehead atoms. The molecule has 3 N–H and O–H groups in total. The Morgan fingerprint density at radius 1 is 1.39 bits per heavy atom. The van der Waals surface area contributed by atoms with Crippen molar-refractivity contribution in [3.63, 3.8) is 0 Å². The summed E-state index contributed by atoms with van der Waals surface area (Å²) in [7, 11) is 0. The fourth-order valence-electron chi connectivity index (χ4n) is 3.05. The summed E-state index contributed by atoms with van der Waals surface area (Å²) < 4.78 is 5.85. The predicted octanol–water partition coefficient (Wildman–Crippen LogP) is 2.53. The number of unbranched alkanes of at least 4 members (excludes halogenated alkanes) is 4. The molecule has 4 nitrogen and oxygen atoms in total. The van der Waals surface area contributed by atoms with Crippen LogP contribution in [-0.2, 0) is 4.74 Å². The molecule has 2 atom stereocenters. The number of hydrogen-bond donors (Lipinski definition) is 2. The van der Waals surface area contributed by atoms with Gasteiger partial charge < -0.3 is 15.8 Å². The van der Waals surface area contributed by atoms with Gasteiger partial charge in [0.15, 0.2) is 5.96 Å². The zero-order valence-corrected chi connectivity index (χ0v) is 11.6. The lowest BCUT2D eigenvalue weighted by Gasteiger charge is -2.36. The average Bonchev–Trinajstić information content (AvgIpc) is 2.75. The molecule has 4 heteroatoms. The van der Waals surface area contributed by atoms with Crippen molar-refractivity contribution in [3.8, 4) is 0 Å². The van der Waals surface area contributed by atoms with Gasteiger partial charge in [0.1, 0.15) is 5.72 Å². The van der Waals surface area contributed by atoms with Crippen LogP contribution in [0.3, 0.4) is 0 Å². The summed E-state index contributed by atoms with van der Waals surface area (Å²) in [5.41, 5.74) is 5.70. The monoisotopic (exact) mass is 253 g/mol. The maximum atomic E-state index is 5.89. The number of nitrogens with one attached hydrogen (secondary N) is 1. The van der Waals surface area contributed by atoms with Crippen LogP contribution in [0.2, 0.25) is 0 Å². The van der Waals surface area contributed by atoms with Gasteiger partial charge in [-0.1, -0.05) is 39.0 Å². The first-order valence-electron chi connectivity index (χ1n) is 7.49. The first kappa shape index (κ1) is 13.7. The lowest BCUT2D eigenvalue weighted by Crippen LogP contribution is -2.56. The first-order valence-corrected chi connectivity index (χ1v) is 7.49. The van der Waals surface area contributed by atoms with E-state index in [0.717, 1.165) is 32.3 Å². The second kappa shape index (κ2) is 6.41. The molecule has 0 radical (unpaired) electrons. The zero-order valence-electron chi connectivity index (χ0n) is 11.6. The second-order valence-corrected chi connectivity index (χ2v) is 5.65. The van der Waals surface area contributed by atoms with Crippen molar-refractivity contribution in [3.05, 3.63) is 0 Å². The predicted molar refractivity (Wildman–Crippen MR) is 74.5 cm³/mol.